The number of nitrogen functional groups attached to an aromatic ring is 1. The second-order valence-corrected chi connectivity index (χ2v) is 7.59. The van der Waals surface area contributed by atoms with E-state index in [2.05, 4.69) is 25.9 Å². The molecule has 0 aliphatic carbocycles. The van der Waals surface area contributed by atoms with Crippen LogP contribution in [0.4, 0.5) is 15.9 Å². The summed E-state index contributed by atoms with van der Waals surface area (Å²) in [6.07, 6.45) is 3.08. The number of halogens is 2. The maximum Gasteiger partial charge on any atom is 0.142 e. The number of benzene rings is 2. The molecule has 0 spiro atoms. The van der Waals surface area contributed by atoms with E-state index in [0.717, 1.165) is 5.56 Å². The largest absolute Gasteiger partial charge is 0.497 e. The van der Waals surface area contributed by atoms with Crippen molar-refractivity contribution in [1.82, 2.24) is 9.97 Å². The summed E-state index contributed by atoms with van der Waals surface area (Å²) in [6, 6.07) is 10.3. The molecule has 146 valence electrons. The Hall–Kier alpha value is -2.52. The molecule has 28 heavy (non-hydrogen) atoms. The van der Waals surface area contributed by atoms with E-state index < -0.39 is 5.82 Å². The molecule has 0 fully saturated rings. The summed E-state index contributed by atoms with van der Waals surface area (Å²) in [4.78, 5) is 8.66. The first kappa shape index (κ1) is 20.2. The van der Waals surface area contributed by atoms with Gasteiger partial charge in [-0.2, -0.15) is 0 Å². The maximum atomic E-state index is 14.5. The summed E-state index contributed by atoms with van der Waals surface area (Å²) in [7, 11) is 3.19. The fourth-order valence-corrected chi connectivity index (χ4v) is 3.92. The second kappa shape index (κ2) is 9.11. The number of hydrogen-bond donors (Lipinski definition) is 1. The van der Waals surface area contributed by atoms with E-state index in [4.69, 9.17) is 15.2 Å². The molecule has 0 aliphatic heterocycles. The number of methoxy groups -OCH3 is 2. The first-order valence-corrected chi connectivity index (χ1v) is 9.75. The van der Waals surface area contributed by atoms with Gasteiger partial charge < -0.3 is 15.2 Å². The lowest BCUT2D eigenvalue weighted by atomic mass is 10.2. The van der Waals surface area contributed by atoms with Crippen molar-refractivity contribution < 1.29 is 13.9 Å². The van der Waals surface area contributed by atoms with Gasteiger partial charge in [0.1, 0.15) is 29.5 Å². The Morgan fingerprint density at radius 3 is 2.68 bits per heavy atom. The predicted octanol–water partition coefficient (Wildman–Crippen LogP) is 4.69. The minimum atomic E-state index is -0.411. The van der Waals surface area contributed by atoms with E-state index in [9.17, 15) is 4.39 Å². The van der Waals surface area contributed by atoms with Crippen LogP contribution in [0.5, 0.6) is 11.5 Å². The van der Waals surface area contributed by atoms with E-state index in [1.165, 1.54) is 24.3 Å². The lowest BCUT2D eigenvalue weighted by molar-refractivity contribution is 0.391. The van der Waals surface area contributed by atoms with Gasteiger partial charge in [-0.05, 0) is 58.2 Å². The summed E-state index contributed by atoms with van der Waals surface area (Å²) in [5, 5.41) is 0. The minimum absolute atomic E-state index is 0.340. The maximum absolute atomic E-state index is 14.5. The Morgan fingerprint density at radius 1 is 1.18 bits per heavy atom. The number of anilines is 2. The smallest absolute Gasteiger partial charge is 0.142 e. The summed E-state index contributed by atoms with van der Waals surface area (Å²) in [5.74, 6) is 1.57. The molecular weight excluding hydrogens is 447 g/mol. The molecule has 0 bridgehead atoms. The van der Waals surface area contributed by atoms with Crippen LogP contribution in [0, 0.1) is 5.82 Å². The summed E-state index contributed by atoms with van der Waals surface area (Å²) >= 11 is 4.56. The van der Waals surface area contributed by atoms with E-state index >= 15 is 0 Å². The topological polar surface area (TPSA) is 73.5 Å². The minimum Gasteiger partial charge on any atom is -0.497 e. The first-order valence-electron chi connectivity index (χ1n) is 8.18. The molecule has 3 rings (SSSR count). The normalized spacial score (nSPS) is 10.6. The summed E-state index contributed by atoms with van der Waals surface area (Å²) in [5.41, 5.74) is 6.99. The Kier molecular flexibility index (Phi) is 6.58. The van der Waals surface area contributed by atoms with Crippen molar-refractivity contribution in [3.63, 3.8) is 0 Å². The van der Waals surface area contributed by atoms with Crippen molar-refractivity contribution in [1.29, 1.82) is 0 Å². The molecule has 0 radical (unpaired) electrons. The zero-order valence-corrected chi connectivity index (χ0v) is 17.6. The molecule has 0 saturated heterocycles. The quantitative estimate of drug-likeness (QED) is 0.401. The van der Waals surface area contributed by atoms with Crippen LogP contribution in [-0.2, 0) is 6.54 Å². The van der Waals surface area contributed by atoms with Gasteiger partial charge in [0.25, 0.3) is 0 Å². The van der Waals surface area contributed by atoms with Gasteiger partial charge in [0.15, 0.2) is 0 Å². The molecule has 6 nitrogen and oxygen atoms in total. The number of ether oxygens (including phenoxy) is 2. The van der Waals surface area contributed by atoms with Crippen LogP contribution < -0.4 is 19.5 Å². The predicted molar refractivity (Wildman–Crippen MR) is 112 cm³/mol. The number of nitrogens with zero attached hydrogens (tertiary/aromatic N) is 3. The van der Waals surface area contributed by atoms with Crippen LogP contribution in [0.2, 0.25) is 0 Å². The zero-order chi connectivity index (χ0) is 20.1. The van der Waals surface area contributed by atoms with E-state index in [1.807, 2.05) is 16.4 Å². The highest BCUT2D eigenvalue weighted by molar-refractivity contribution is 9.10. The fourth-order valence-electron chi connectivity index (χ4n) is 2.46. The van der Waals surface area contributed by atoms with E-state index in [0.29, 0.717) is 38.9 Å². The highest BCUT2D eigenvalue weighted by Crippen LogP contribution is 2.36. The summed E-state index contributed by atoms with van der Waals surface area (Å²) < 4.78 is 27.7. The molecule has 0 amide bonds. The molecule has 3 aromatic rings. The van der Waals surface area contributed by atoms with Gasteiger partial charge in [0.05, 0.1) is 25.7 Å². The van der Waals surface area contributed by atoms with Crippen LogP contribution in [-0.4, -0.2) is 24.2 Å². The molecule has 2 aromatic carbocycles. The molecular formula is C19H18BrFN4O2S. The van der Waals surface area contributed by atoms with Crippen LogP contribution in [0.1, 0.15) is 5.56 Å². The molecule has 0 saturated carbocycles. The third-order valence-electron chi connectivity index (χ3n) is 3.89. The van der Waals surface area contributed by atoms with Crippen molar-refractivity contribution in [3.05, 3.63) is 64.8 Å². The Balaban J connectivity index is 1.96. The van der Waals surface area contributed by atoms with Gasteiger partial charge in [-0.1, -0.05) is 0 Å². The van der Waals surface area contributed by atoms with Crippen molar-refractivity contribution in [2.24, 2.45) is 0 Å². The third-order valence-corrected chi connectivity index (χ3v) is 5.62. The average Bonchev–Trinajstić information content (AvgIpc) is 2.72. The molecule has 1 aromatic heterocycles. The van der Waals surface area contributed by atoms with Crippen LogP contribution in [0.25, 0.3) is 0 Å². The van der Waals surface area contributed by atoms with Gasteiger partial charge in [-0.3, -0.25) is 4.31 Å². The van der Waals surface area contributed by atoms with Gasteiger partial charge in [-0.25, -0.2) is 14.4 Å². The second-order valence-electron chi connectivity index (χ2n) is 5.68. The monoisotopic (exact) mass is 464 g/mol. The number of aromatic nitrogens is 2. The van der Waals surface area contributed by atoms with Crippen molar-refractivity contribution >= 4 is 39.4 Å². The van der Waals surface area contributed by atoms with Crippen molar-refractivity contribution in [2.45, 2.75) is 11.4 Å². The fraction of sp³-hybridized carbons (Fsp3) is 0.158. The van der Waals surface area contributed by atoms with Gasteiger partial charge in [0.2, 0.25) is 0 Å². The van der Waals surface area contributed by atoms with Crippen LogP contribution in [0.3, 0.4) is 0 Å². The molecule has 0 atom stereocenters. The molecule has 2 N–H and O–H groups in total. The molecule has 1 heterocycles. The SMILES string of the molecule is COc1ccc(CN(Sc2cc(Br)c(N)cc2F)c2ccncn2)c(OC)c1. The molecule has 0 unspecified atom stereocenters. The van der Waals surface area contributed by atoms with Gasteiger partial charge in [0, 0.05) is 28.0 Å². The Labute approximate surface area is 175 Å². The lowest BCUT2D eigenvalue weighted by Gasteiger charge is -2.23. The van der Waals surface area contributed by atoms with Crippen molar-refractivity contribution in [3.8, 4) is 11.5 Å². The van der Waals surface area contributed by atoms with Crippen LogP contribution in [0.15, 0.2) is 58.3 Å². The molecule has 0 aliphatic rings. The van der Waals surface area contributed by atoms with Gasteiger partial charge >= 0.3 is 0 Å². The Morgan fingerprint density at radius 2 is 2.00 bits per heavy atom. The van der Waals surface area contributed by atoms with Crippen LogP contribution >= 0.6 is 27.9 Å². The first-order chi connectivity index (χ1) is 13.5. The highest BCUT2D eigenvalue weighted by atomic mass is 79.9. The average molecular weight is 465 g/mol. The van der Waals surface area contributed by atoms with E-state index in [-0.39, 0.29) is 0 Å². The number of hydrogen-bond acceptors (Lipinski definition) is 7. The lowest BCUT2D eigenvalue weighted by Crippen LogP contribution is -2.16. The summed E-state index contributed by atoms with van der Waals surface area (Å²) in [6.45, 7) is 0.413. The molecule has 9 heteroatoms. The van der Waals surface area contributed by atoms with Crippen molar-refractivity contribution in [2.75, 3.05) is 24.3 Å². The highest BCUT2D eigenvalue weighted by Gasteiger charge is 2.17. The Bertz CT molecular complexity index is 962. The number of rotatable bonds is 7. The third kappa shape index (κ3) is 4.66. The zero-order valence-electron chi connectivity index (χ0n) is 15.2. The number of nitrogens with two attached hydrogens (primary N) is 1. The standard InChI is InChI=1S/C19H18BrFN4O2S/c1-26-13-4-3-12(17(7-13)27-2)10-25(19-5-6-23-11-24-19)28-18-8-14(20)16(22)9-15(18)21/h3-9,11H,10,22H2,1-2H3. The van der Waals surface area contributed by atoms with E-state index in [1.54, 1.807) is 38.6 Å². The van der Waals surface area contributed by atoms with Gasteiger partial charge in [-0.15, -0.1) is 0 Å².